The molecule has 0 amide bonds. The number of aliphatic hydroxyl groups excluding tert-OH is 1. The molecule has 6 nitrogen and oxygen atoms in total. The summed E-state index contributed by atoms with van der Waals surface area (Å²) in [7, 11) is -3.69. The SMILES string of the molecule is Cc1c(C(=O)O)cccc1S(=O)(=O)N1CCC(CO)CC1. The molecule has 0 spiro atoms. The lowest BCUT2D eigenvalue weighted by molar-refractivity contribution is 0.0695. The number of hydrogen-bond acceptors (Lipinski definition) is 4. The third-order valence-corrected chi connectivity index (χ3v) is 6.01. The van der Waals surface area contributed by atoms with Crippen LogP contribution in [-0.2, 0) is 10.0 Å². The number of piperidine rings is 1. The number of sulfonamides is 1. The Morgan fingerprint density at radius 3 is 2.48 bits per heavy atom. The van der Waals surface area contributed by atoms with Crippen LogP contribution >= 0.6 is 0 Å². The van der Waals surface area contributed by atoms with Crippen molar-refractivity contribution in [2.45, 2.75) is 24.7 Å². The lowest BCUT2D eigenvalue weighted by Gasteiger charge is -2.30. The van der Waals surface area contributed by atoms with E-state index in [4.69, 9.17) is 10.2 Å². The first-order valence-corrected chi connectivity index (χ1v) is 8.26. The highest BCUT2D eigenvalue weighted by atomic mass is 32.2. The summed E-state index contributed by atoms with van der Waals surface area (Å²) in [6, 6.07) is 4.29. The zero-order chi connectivity index (χ0) is 15.6. The number of carboxylic acid groups (broad SMARTS) is 1. The van der Waals surface area contributed by atoms with Gasteiger partial charge in [0.2, 0.25) is 10.0 Å². The van der Waals surface area contributed by atoms with Gasteiger partial charge in [-0.2, -0.15) is 4.31 Å². The summed E-state index contributed by atoms with van der Waals surface area (Å²) in [4.78, 5) is 11.2. The zero-order valence-electron chi connectivity index (χ0n) is 11.8. The maximum absolute atomic E-state index is 12.6. The highest BCUT2D eigenvalue weighted by Gasteiger charge is 2.31. The van der Waals surface area contributed by atoms with E-state index in [1.807, 2.05) is 0 Å². The number of carboxylic acids is 1. The van der Waals surface area contributed by atoms with Crippen LogP contribution in [0.15, 0.2) is 23.1 Å². The zero-order valence-corrected chi connectivity index (χ0v) is 12.6. The molecule has 0 unspecified atom stereocenters. The fourth-order valence-electron chi connectivity index (χ4n) is 2.60. The number of nitrogens with zero attached hydrogens (tertiary/aromatic N) is 1. The highest BCUT2D eigenvalue weighted by molar-refractivity contribution is 7.89. The minimum Gasteiger partial charge on any atom is -0.478 e. The van der Waals surface area contributed by atoms with Crippen LogP contribution in [0.5, 0.6) is 0 Å². The lowest BCUT2D eigenvalue weighted by Crippen LogP contribution is -2.39. The van der Waals surface area contributed by atoms with E-state index in [0.717, 1.165) is 0 Å². The summed E-state index contributed by atoms with van der Waals surface area (Å²) in [5.41, 5.74) is 0.260. The summed E-state index contributed by atoms with van der Waals surface area (Å²) in [6.07, 6.45) is 1.24. The first kappa shape index (κ1) is 15.9. The maximum Gasteiger partial charge on any atom is 0.335 e. The molecule has 1 aromatic carbocycles. The van der Waals surface area contributed by atoms with Gasteiger partial charge in [0.1, 0.15) is 0 Å². The minimum atomic E-state index is -3.69. The Morgan fingerprint density at radius 2 is 1.95 bits per heavy atom. The molecular weight excluding hydrogens is 294 g/mol. The molecule has 0 radical (unpaired) electrons. The van der Waals surface area contributed by atoms with E-state index < -0.39 is 16.0 Å². The summed E-state index contributed by atoms with van der Waals surface area (Å²) in [6.45, 7) is 2.28. The van der Waals surface area contributed by atoms with Crippen molar-refractivity contribution in [3.63, 3.8) is 0 Å². The number of rotatable bonds is 4. The van der Waals surface area contributed by atoms with Crippen molar-refractivity contribution in [3.05, 3.63) is 29.3 Å². The molecule has 1 aliphatic heterocycles. The fraction of sp³-hybridized carbons (Fsp3) is 0.500. The van der Waals surface area contributed by atoms with E-state index in [-0.39, 0.29) is 28.5 Å². The van der Waals surface area contributed by atoms with Gasteiger partial charge in [-0.05, 0) is 43.4 Å². The molecular formula is C14H19NO5S. The molecule has 0 saturated carbocycles. The third-order valence-electron chi connectivity index (χ3n) is 3.96. The Bertz CT molecular complexity index is 633. The van der Waals surface area contributed by atoms with Crippen LogP contribution in [0.25, 0.3) is 0 Å². The van der Waals surface area contributed by atoms with Crippen molar-refractivity contribution in [3.8, 4) is 0 Å². The quantitative estimate of drug-likeness (QED) is 0.867. The predicted molar refractivity (Wildman–Crippen MR) is 76.7 cm³/mol. The summed E-state index contributed by atoms with van der Waals surface area (Å²) in [5.74, 6) is -0.994. The number of aliphatic hydroxyl groups is 1. The van der Waals surface area contributed by atoms with Crippen molar-refractivity contribution in [2.75, 3.05) is 19.7 Å². The molecule has 21 heavy (non-hydrogen) atoms. The van der Waals surface area contributed by atoms with Crippen LogP contribution < -0.4 is 0 Å². The average Bonchev–Trinajstić information content (AvgIpc) is 2.47. The first-order valence-electron chi connectivity index (χ1n) is 6.82. The normalized spacial score (nSPS) is 17.8. The third kappa shape index (κ3) is 3.09. The molecule has 2 N–H and O–H groups in total. The number of benzene rings is 1. The summed E-state index contributed by atoms with van der Waals surface area (Å²) < 4.78 is 26.7. The molecule has 0 atom stereocenters. The Labute approximate surface area is 124 Å². The van der Waals surface area contributed by atoms with Crippen molar-refractivity contribution in [1.29, 1.82) is 0 Å². The second-order valence-electron chi connectivity index (χ2n) is 5.26. The second-order valence-corrected chi connectivity index (χ2v) is 7.17. The Balaban J connectivity index is 2.33. The molecule has 1 aliphatic rings. The molecule has 116 valence electrons. The molecule has 0 aromatic heterocycles. The van der Waals surface area contributed by atoms with Crippen LogP contribution in [0, 0.1) is 12.8 Å². The molecule has 1 heterocycles. The topological polar surface area (TPSA) is 94.9 Å². The van der Waals surface area contributed by atoms with E-state index in [2.05, 4.69) is 0 Å². The van der Waals surface area contributed by atoms with Crippen molar-refractivity contribution in [1.82, 2.24) is 4.31 Å². The monoisotopic (exact) mass is 313 g/mol. The van der Waals surface area contributed by atoms with Gasteiger partial charge in [0.25, 0.3) is 0 Å². The molecule has 0 bridgehead atoms. The predicted octanol–water partition coefficient (Wildman–Crippen LogP) is 1.09. The van der Waals surface area contributed by atoms with Gasteiger partial charge in [-0.25, -0.2) is 13.2 Å². The van der Waals surface area contributed by atoms with E-state index in [1.165, 1.54) is 29.4 Å². The van der Waals surface area contributed by atoms with E-state index in [0.29, 0.717) is 25.9 Å². The molecule has 1 saturated heterocycles. The summed E-state index contributed by atoms with van der Waals surface area (Å²) in [5, 5.41) is 18.2. The number of carbonyl (C=O) groups is 1. The van der Waals surface area contributed by atoms with Gasteiger partial charge in [0.05, 0.1) is 10.5 Å². The van der Waals surface area contributed by atoms with Crippen LogP contribution in [0.2, 0.25) is 0 Å². The van der Waals surface area contributed by atoms with Gasteiger partial charge >= 0.3 is 5.97 Å². The lowest BCUT2D eigenvalue weighted by atomic mass is 10.00. The largest absolute Gasteiger partial charge is 0.478 e. The standard InChI is InChI=1S/C14H19NO5S/c1-10-12(14(17)18)3-2-4-13(10)21(19,20)15-7-5-11(9-16)6-8-15/h2-4,11,16H,5-9H2,1H3,(H,17,18). The van der Waals surface area contributed by atoms with Crippen molar-refractivity contribution in [2.24, 2.45) is 5.92 Å². The van der Waals surface area contributed by atoms with Crippen LogP contribution in [0.1, 0.15) is 28.8 Å². The van der Waals surface area contributed by atoms with Crippen LogP contribution in [0.3, 0.4) is 0 Å². The van der Waals surface area contributed by atoms with E-state index in [9.17, 15) is 13.2 Å². The molecule has 2 rings (SSSR count). The van der Waals surface area contributed by atoms with Crippen LogP contribution in [-0.4, -0.2) is 48.6 Å². The Kier molecular flexibility index (Phi) is 4.65. The van der Waals surface area contributed by atoms with Gasteiger partial charge in [0, 0.05) is 19.7 Å². The van der Waals surface area contributed by atoms with Gasteiger partial charge in [-0.1, -0.05) is 6.07 Å². The first-order chi connectivity index (χ1) is 9.87. The number of hydrogen-bond donors (Lipinski definition) is 2. The van der Waals surface area contributed by atoms with Gasteiger partial charge in [-0.15, -0.1) is 0 Å². The highest BCUT2D eigenvalue weighted by Crippen LogP contribution is 2.26. The van der Waals surface area contributed by atoms with Gasteiger partial charge < -0.3 is 10.2 Å². The molecule has 0 aliphatic carbocycles. The van der Waals surface area contributed by atoms with Crippen LogP contribution in [0.4, 0.5) is 0 Å². The molecule has 1 aromatic rings. The van der Waals surface area contributed by atoms with E-state index in [1.54, 1.807) is 0 Å². The summed E-state index contributed by atoms with van der Waals surface area (Å²) >= 11 is 0. The number of aromatic carboxylic acids is 1. The maximum atomic E-state index is 12.6. The Morgan fingerprint density at radius 1 is 1.33 bits per heavy atom. The average molecular weight is 313 g/mol. The minimum absolute atomic E-state index is 0.00122. The van der Waals surface area contributed by atoms with Gasteiger partial charge in [0.15, 0.2) is 0 Å². The van der Waals surface area contributed by atoms with Crippen molar-refractivity contribution >= 4 is 16.0 Å². The molecule has 1 fully saturated rings. The molecule has 7 heteroatoms. The van der Waals surface area contributed by atoms with Crippen molar-refractivity contribution < 1.29 is 23.4 Å². The second kappa shape index (κ2) is 6.13. The van der Waals surface area contributed by atoms with Gasteiger partial charge in [-0.3, -0.25) is 0 Å². The smallest absolute Gasteiger partial charge is 0.335 e. The fourth-order valence-corrected chi connectivity index (χ4v) is 4.31. The Hall–Kier alpha value is -1.44. The van der Waals surface area contributed by atoms with E-state index >= 15 is 0 Å².